The Labute approximate surface area is 142 Å². The van der Waals surface area contributed by atoms with Gasteiger partial charge in [0.1, 0.15) is 0 Å². The number of fused-ring (bicyclic) bond motifs is 1. The van der Waals surface area contributed by atoms with Crippen molar-refractivity contribution < 1.29 is 0 Å². The molecule has 0 saturated heterocycles. The molecule has 1 N–H and O–H groups in total. The number of rotatable bonds is 3. The monoisotopic (exact) mass is 336 g/mol. The number of hydrogen-bond acceptors (Lipinski definition) is 3. The third-order valence-corrected chi connectivity index (χ3v) is 4.14. The second-order valence-corrected chi connectivity index (χ2v) is 5.93. The number of halogens is 1. The summed E-state index contributed by atoms with van der Waals surface area (Å²) in [6.07, 6.45) is 6.72. The summed E-state index contributed by atoms with van der Waals surface area (Å²) in [5.74, 6) is 0. The zero-order chi connectivity index (χ0) is 16.5. The molecule has 0 amide bonds. The zero-order valence-electron chi connectivity index (χ0n) is 12.6. The molecule has 0 radical (unpaired) electrons. The van der Waals surface area contributed by atoms with Gasteiger partial charge in [-0.05, 0) is 35.4 Å². The second-order valence-electron chi connectivity index (χ2n) is 5.49. The first-order valence-electron chi connectivity index (χ1n) is 7.42. The lowest BCUT2D eigenvalue weighted by Gasteiger charge is -2.20. The Morgan fingerprint density at radius 2 is 2.00 bits per heavy atom. The number of aromatic amines is 1. The van der Waals surface area contributed by atoms with Gasteiger partial charge in [-0.25, -0.2) is 9.97 Å². The summed E-state index contributed by atoms with van der Waals surface area (Å²) in [7, 11) is 0. The van der Waals surface area contributed by atoms with Gasteiger partial charge in [0, 0.05) is 17.4 Å². The van der Waals surface area contributed by atoms with Crippen molar-refractivity contribution >= 4 is 22.6 Å². The molecule has 6 heteroatoms. The Balaban J connectivity index is 1.90. The van der Waals surface area contributed by atoms with Crippen LogP contribution in [0.3, 0.4) is 0 Å². The van der Waals surface area contributed by atoms with Crippen LogP contribution < -0.4 is 5.56 Å². The Morgan fingerprint density at radius 1 is 1.12 bits per heavy atom. The minimum absolute atomic E-state index is 0.0793. The number of hydrogen-bond donors (Lipinski definition) is 1. The molecule has 0 bridgehead atoms. The molecule has 2 heterocycles. The quantitative estimate of drug-likeness (QED) is 0.623. The van der Waals surface area contributed by atoms with E-state index in [1.807, 2.05) is 53.2 Å². The Hall–Kier alpha value is -2.92. The fourth-order valence-corrected chi connectivity index (χ4v) is 3.06. The average molecular weight is 337 g/mol. The first kappa shape index (κ1) is 14.7. The number of nitrogens with zero attached hydrogens (tertiary/aromatic N) is 3. The molecule has 0 spiro atoms. The van der Waals surface area contributed by atoms with Crippen LogP contribution >= 0.6 is 11.6 Å². The highest BCUT2D eigenvalue weighted by Crippen LogP contribution is 2.29. The topological polar surface area (TPSA) is 63.6 Å². The minimum Gasteiger partial charge on any atom is -0.326 e. The van der Waals surface area contributed by atoms with Crippen molar-refractivity contribution in [3.05, 3.63) is 93.9 Å². The van der Waals surface area contributed by atoms with Crippen molar-refractivity contribution in [3.8, 4) is 0 Å². The molecule has 2 aromatic heterocycles. The predicted octanol–water partition coefficient (Wildman–Crippen LogP) is 3.41. The summed E-state index contributed by atoms with van der Waals surface area (Å²) < 4.78 is 2.01. The number of H-pyrrole nitrogens is 1. The van der Waals surface area contributed by atoms with E-state index in [1.54, 1.807) is 12.5 Å². The lowest BCUT2D eigenvalue weighted by Crippen LogP contribution is -2.11. The average Bonchev–Trinajstić information content (AvgIpc) is 3.09. The van der Waals surface area contributed by atoms with Crippen LogP contribution in [0.5, 0.6) is 0 Å². The maximum absolute atomic E-state index is 11.4. The van der Waals surface area contributed by atoms with Gasteiger partial charge in [-0.15, -0.1) is 0 Å². The van der Waals surface area contributed by atoms with Crippen LogP contribution in [0.2, 0.25) is 5.02 Å². The van der Waals surface area contributed by atoms with Gasteiger partial charge in [-0.3, -0.25) is 4.79 Å². The third-order valence-electron chi connectivity index (χ3n) is 3.90. The number of imidazole rings is 1. The van der Waals surface area contributed by atoms with E-state index in [1.165, 1.54) is 6.20 Å². The van der Waals surface area contributed by atoms with Crippen LogP contribution in [-0.4, -0.2) is 19.5 Å². The van der Waals surface area contributed by atoms with E-state index in [-0.39, 0.29) is 11.6 Å². The molecule has 0 aliphatic carbocycles. The highest BCUT2D eigenvalue weighted by atomic mass is 35.5. The van der Waals surface area contributed by atoms with Crippen LogP contribution in [0.4, 0.5) is 0 Å². The van der Waals surface area contributed by atoms with Crippen molar-refractivity contribution in [3.63, 3.8) is 0 Å². The highest BCUT2D eigenvalue weighted by Gasteiger charge is 2.17. The molecule has 0 aliphatic rings. The molecule has 4 aromatic rings. The number of nitrogens with one attached hydrogen (secondary N) is 1. The van der Waals surface area contributed by atoms with Gasteiger partial charge in [0.2, 0.25) is 0 Å². The summed E-state index contributed by atoms with van der Waals surface area (Å²) in [5.41, 5.74) is 3.31. The van der Waals surface area contributed by atoms with Gasteiger partial charge in [0.25, 0.3) is 5.56 Å². The largest absolute Gasteiger partial charge is 0.326 e. The van der Waals surface area contributed by atoms with Gasteiger partial charge in [0.15, 0.2) is 0 Å². The van der Waals surface area contributed by atoms with Gasteiger partial charge >= 0.3 is 0 Å². The van der Waals surface area contributed by atoms with Gasteiger partial charge in [-0.1, -0.05) is 29.8 Å². The number of benzene rings is 2. The van der Waals surface area contributed by atoms with E-state index in [4.69, 9.17) is 11.6 Å². The smallest absolute Gasteiger partial charge is 0.266 e. The van der Waals surface area contributed by atoms with E-state index in [0.717, 1.165) is 16.6 Å². The maximum Gasteiger partial charge on any atom is 0.266 e. The highest BCUT2D eigenvalue weighted by molar-refractivity contribution is 6.30. The van der Waals surface area contributed by atoms with E-state index < -0.39 is 0 Å². The summed E-state index contributed by atoms with van der Waals surface area (Å²) in [6, 6.07) is 13.5. The van der Waals surface area contributed by atoms with Gasteiger partial charge < -0.3 is 9.55 Å². The molecular formula is C18H13ClN4O. The Kier molecular flexibility index (Phi) is 3.63. The van der Waals surface area contributed by atoms with E-state index >= 15 is 0 Å². The van der Waals surface area contributed by atoms with Crippen LogP contribution in [0.1, 0.15) is 17.2 Å². The van der Waals surface area contributed by atoms with Gasteiger partial charge in [-0.2, -0.15) is 0 Å². The van der Waals surface area contributed by atoms with E-state index in [2.05, 4.69) is 15.0 Å². The molecule has 1 atom stereocenters. The van der Waals surface area contributed by atoms with Crippen molar-refractivity contribution in [1.82, 2.24) is 19.5 Å². The fourth-order valence-electron chi connectivity index (χ4n) is 2.86. The van der Waals surface area contributed by atoms with Crippen LogP contribution in [-0.2, 0) is 0 Å². The van der Waals surface area contributed by atoms with Crippen LogP contribution in [0, 0.1) is 0 Å². The molecule has 1 unspecified atom stereocenters. The lowest BCUT2D eigenvalue weighted by molar-refractivity contribution is 0.677. The first-order valence-corrected chi connectivity index (χ1v) is 7.80. The summed E-state index contributed by atoms with van der Waals surface area (Å²) >= 11 is 6.17. The molecule has 0 saturated carbocycles. The SMILES string of the molecule is O=c1cnc2cc(C(c3cccc(Cl)c3)n3ccnc3)ccc2[nH]1. The zero-order valence-corrected chi connectivity index (χ0v) is 13.3. The molecule has 4 rings (SSSR count). The van der Waals surface area contributed by atoms with Crippen molar-refractivity contribution in [1.29, 1.82) is 0 Å². The van der Waals surface area contributed by atoms with Crippen molar-refractivity contribution in [2.24, 2.45) is 0 Å². The predicted molar refractivity (Wildman–Crippen MR) is 93.3 cm³/mol. The number of aromatic nitrogens is 4. The minimum atomic E-state index is -0.212. The second kappa shape index (κ2) is 5.94. The summed E-state index contributed by atoms with van der Waals surface area (Å²) in [5, 5.41) is 0.681. The van der Waals surface area contributed by atoms with E-state index in [9.17, 15) is 4.79 Å². The first-order chi connectivity index (χ1) is 11.7. The van der Waals surface area contributed by atoms with Crippen LogP contribution in [0.15, 0.2) is 72.2 Å². The van der Waals surface area contributed by atoms with Gasteiger partial charge in [0.05, 0.1) is 29.6 Å². The molecule has 0 fully saturated rings. The summed E-state index contributed by atoms with van der Waals surface area (Å²) in [6.45, 7) is 0. The molecule has 5 nitrogen and oxygen atoms in total. The fraction of sp³-hybridized carbons (Fsp3) is 0.0556. The molecule has 2 aromatic carbocycles. The Morgan fingerprint density at radius 3 is 2.79 bits per heavy atom. The Bertz CT molecular complexity index is 1060. The standard InChI is InChI=1S/C18H13ClN4O/c19-14-3-1-2-12(8-14)18(23-7-6-20-11-23)13-4-5-15-16(9-13)21-10-17(24)22-15/h1-11,18H,(H,22,24). The summed E-state index contributed by atoms with van der Waals surface area (Å²) in [4.78, 5) is 22.6. The lowest BCUT2D eigenvalue weighted by atomic mass is 9.98. The van der Waals surface area contributed by atoms with Crippen molar-refractivity contribution in [2.45, 2.75) is 6.04 Å². The normalized spacial score (nSPS) is 12.4. The molecular weight excluding hydrogens is 324 g/mol. The maximum atomic E-state index is 11.4. The molecule has 0 aliphatic heterocycles. The molecule has 118 valence electrons. The van der Waals surface area contributed by atoms with E-state index in [0.29, 0.717) is 10.5 Å². The molecule has 24 heavy (non-hydrogen) atoms. The van der Waals surface area contributed by atoms with Crippen molar-refractivity contribution in [2.75, 3.05) is 0 Å². The third kappa shape index (κ3) is 2.70. The van der Waals surface area contributed by atoms with Crippen LogP contribution in [0.25, 0.3) is 11.0 Å².